The van der Waals surface area contributed by atoms with Gasteiger partial charge in [0.25, 0.3) is 0 Å². The molecule has 0 aliphatic heterocycles. The fraction of sp³-hybridized carbons (Fsp3) is 0.579. The normalized spacial score (nSPS) is 16.4. The van der Waals surface area contributed by atoms with Gasteiger partial charge >= 0.3 is 0 Å². The van der Waals surface area contributed by atoms with Crippen molar-refractivity contribution in [3.63, 3.8) is 0 Å². The van der Waals surface area contributed by atoms with Crippen molar-refractivity contribution in [1.29, 1.82) is 0 Å². The number of carbonyl (C=O) groups excluding carboxylic acids is 1. The van der Waals surface area contributed by atoms with Crippen LogP contribution in [-0.4, -0.2) is 37.9 Å². The Hall–Kier alpha value is -1.89. The van der Waals surface area contributed by atoms with E-state index >= 15 is 0 Å². The molecule has 2 aromatic rings. The Morgan fingerprint density at radius 3 is 2.65 bits per heavy atom. The summed E-state index contributed by atoms with van der Waals surface area (Å²) >= 11 is 1.40. The minimum absolute atomic E-state index is 0.0524. The van der Waals surface area contributed by atoms with Crippen molar-refractivity contribution in [3.8, 4) is 5.69 Å². The van der Waals surface area contributed by atoms with Crippen LogP contribution in [0.4, 0.5) is 0 Å². The van der Waals surface area contributed by atoms with Crippen LogP contribution in [0.3, 0.4) is 0 Å². The van der Waals surface area contributed by atoms with Crippen LogP contribution in [0.15, 0.2) is 23.4 Å². The first-order chi connectivity index (χ1) is 12.6. The fourth-order valence-corrected chi connectivity index (χ4v) is 4.34. The largest absolute Gasteiger partial charge is 0.355 e. The Kier molecular flexibility index (Phi) is 6.29. The Bertz CT molecular complexity index is 734. The van der Waals surface area contributed by atoms with Gasteiger partial charge in [0.15, 0.2) is 0 Å². The van der Waals surface area contributed by atoms with E-state index < -0.39 is 0 Å². The number of benzene rings is 1. The molecule has 140 valence electrons. The van der Waals surface area contributed by atoms with Crippen molar-refractivity contribution in [2.75, 3.05) is 6.54 Å². The second-order valence-electron chi connectivity index (χ2n) is 7.12. The van der Waals surface area contributed by atoms with E-state index in [2.05, 4.69) is 20.8 Å². The fourth-order valence-electron chi connectivity index (χ4n) is 3.52. The third-order valence-electron chi connectivity index (χ3n) is 5.03. The maximum atomic E-state index is 12.5. The van der Waals surface area contributed by atoms with Gasteiger partial charge in [-0.2, -0.15) is 4.68 Å². The number of nitrogens with one attached hydrogen (secondary N) is 1. The quantitative estimate of drug-likeness (QED) is 0.785. The van der Waals surface area contributed by atoms with Crippen LogP contribution in [0.5, 0.6) is 0 Å². The summed E-state index contributed by atoms with van der Waals surface area (Å²) in [5, 5.41) is 15.6. The molecule has 3 rings (SSSR count). The van der Waals surface area contributed by atoms with Gasteiger partial charge < -0.3 is 5.32 Å². The molecule has 0 radical (unpaired) electrons. The van der Waals surface area contributed by atoms with E-state index in [1.54, 1.807) is 4.68 Å². The molecule has 0 spiro atoms. The standard InChI is InChI=1S/C19H27N5OS/c1-13-8-7-9-14(2)17(13)24-19(21-22-23-24)26-15(3)18(25)20-12-16-10-5-4-6-11-16/h7-9,15-16H,4-6,10-12H2,1-3H3,(H,20,25)/t15-/m0/s1. The lowest BCUT2D eigenvalue weighted by Gasteiger charge is -2.22. The van der Waals surface area contributed by atoms with Gasteiger partial charge in [-0.25, -0.2) is 0 Å². The molecule has 26 heavy (non-hydrogen) atoms. The number of thioether (sulfide) groups is 1. The number of tetrazole rings is 1. The van der Waals surface area contributed by atoms with Crippen LogP contribution in [-0.2, 0) is 4.79 Å². The summed E-state index contributed by atoms with van der Waals surface area (Å²) in [6.07, 6.45) is 6.36. The highest BCUT2D eigenvalue weighted by molar-refractivity contribution is 8.00. The van der Waals surface area contributed by atoms with Crippen molar-refractivity contribution >= 4 is 17.7 Å². The Morgan fingerprint density at radius 2 is 1.96 bits per heavy atom. The number of hydrogen-bond donors (Lipinski definition) is 1. The topological polar surface area (TPSA) is 72.7 Å². The van der Waals surface area contributed by atoms with Gasteiger partial charge in [-0.15, -0.1) is 5.10 Å². The highest BCUT2D eigenvalue weighted by atomic mass is 32.2. The summed E-state index contributed by atoms with van der Waals surface area (Å²) in [6.45, 7) is 6.77. The first-order valence-electron chi connectivity index (χ1n) is 9.35. The Balaban J connectivity index is 1.64. The number of aromatic nitrogens is 4. The number of aryl methyl sites for hydroxylation is 2. The molecule has 0 bridgehead atoms. The smallest absolute Gasteiger partial charge is 0.233 e. The molecule has 1 heterocycles. The van der Waals surface area contributed by atoms with Gasteiger partial charge in [0, 0.05) is 6.54 Å². The number of nitrogens with zero attached hydrogens (tertiary/aromatic N) is 4. The lowest BCUT2D eigenvalue weighted by molar-refractivity contribution is -0.120. The van der Waals surface area contributed by atoms with E-state index in [-0.39, 0.29) is 11.2 Å². The maximum Gasteiger partial charge on any atom is 0.233 e. The molecule has 0 saturated heterocycles. The molecule has 1 aromatic carbocycles. The second-order valence-corrected chi connectivity index (χ2v) is 8.43. The number of hydrogen-bond acceptors (Lipinski definition) is 5. The van der Waals surface area contributed by atoms with E-state index in [0.717, 1.165) is 23.4 Å². The Morgan fingerprint density at radius 1 is 1.27 bits per heavy atom. The molecule has 1 saturated carbocycles. The zero-order chi connectivity index (χ0) is 18.5. The summed E-state index contributed by atoms with van der Waals surface area (Å²) in [4.78, 5) is 12.5. The predicted molar refractivity (Wildman–Crippen MR) is 104 cm³/mol. The molecule has 6 nitrogen and oxygen atoms in total. The van der Waals surface area contributed by atoms with Gasteiger partial charge in [0.1, 0.15) is 0 Å². The first-order valence-corrected chi connectivity index (χ1v) is 10.2. The molecule has 1 amide bonds. The SMILES string of the molecule is Cc1cccc(C)c1-n1nnnc1S[C@@H](C)C(=O)NCC1CCCCC1. The van der Waals surface area contributed by atoms with Crippen molar-refractivity contribution in [2.24, 2.45) is 5.92 Å². The van der Waals surface area contributed by atoms with Crippen LogP contribution < -0.4 is 5.32 Å². The number of amides is 1. The molecule has 1 fully saturated rings. The van der Waals surface area contributed by atoms with Crippen molar-refractivity contribution in [1.82, 2.24) is 25.5 Å². The average molecular weight is 374 g/mol. The van der Waals surface area contributed by atoms with Crippen LogP contribution >= 0.6 is 11.8 Å². The summed E-state index contributed by atoms with van der Waals surface area (Å²) in [7, 11) is 0. The zero-order valence-corrected chi connectivity index (χ0v) is 16.6. The molecule has 0 unspecified atom stereocenters. The maximum absolute atomic E-state index is 12.5. The minimum Gasteiger partial charge on any atom is -0.355 e. The zero-order valence-electron chi connectivity index (χ0n) is 15.7. The van der Waals surface area contributed by atoms with Crippen LogP contribution in [0, 0.1) is 19.8 Å². The number of para-hydroxylation sites is 1. The van der Waals surface area contributed by atoms with Crippen LogP contribution in [0.2, 0.25) is 0 Å². The molecular formula is C19H27N5OS. The lowest BCUT2D eigenvalue weighted by Crippen LogP contribution is -2.35. The molecule has 1 N–H and O–H groups in total. The van der Waals surface area contributed by atoms with E-state index in [4.69, 9.17) is 0 Å². The number of rotatable bonds is 6. The van der Waals surface area contributed by atoms with E-state index in [0.29, 0.717) is 11.1 Å². The van der Waals surface area contributed by atoms with Gasteiger partial charge in [-0.05, 0) is 61.1 Å². The van der Waals surface area contributed by atoms with Gasteiger partial charge in [-0.1, -0.05) is 49.2 Å². The summed E-state index contributed by atoms with van der Waals surface area (Å²) in [6, 6.07) is 6.10. The molecule has 1 aliphatic carbocycles. The van der Waals surface area contributed by atoms with Gasteiger partial charge in [0.05, 0.1) is 10.9 Å². The average Bonchev–Trinajstić information content (AvgIpc) is 3.08. The third-order valence-corrected chi connectivity index (χ3v) is 6.07. The van der Waals surface area contributed by atoms with Crippen molar-refractivity contribution in [2.45, 2.75) is 63.3 Å². The third kappa shape index (κ3) is 4.44. The van der Waals surface area contributed by atoms with Crippen LogP contribution in [0.25, 0.3) is 5.69 Å². The molecular weight excluding hydrogens is 346 g/mol. The molecule has 1 aliphatic rings. The highest BCUT2D eigenvalue weighted by Gasteiger charge is 2.21. The summed E-state index contributed by atoms with van der Waals surface area (Å²) in [5.41, 5.74) is 3.19. The van der Waals surface area contributed by atoms with Gasteiger partial charge in [-0.3, -0.25) is 4.79 Å². The summed E-state index contributed by atoms with van der Waals surface area (Å²) < 4.78 is 1.74. The highest BCUT2D eigenvalue weighted by Crippen LogP contribution is 2.27. The molecule has 7 heteroatoms. The summed E-state index contributed by atoms with van der Waals surface area (Å²) in [5.74, 6) is 0.682. The Labute approximate surface area is 159 Å². The van der Waals surface area contributed by atoms with Crippen molar-refractivity contribution < 1.29 is 4.79 Å². The van der Waals surface area contributed by atoms with Crippen LogP contribution in [0.1, 0.15) is 50.2 Å². The van der Waals surface area contributed by atoms with Crippen molar-refractivity contribution in [3.05, 3.63) is 29.3 Å². The first kappa shape index (κ1) is 18.9. The van der Waals surface area contributed by atoms with E-state index in [9.17, 15) is 4.79 Å². The monoisotopic (exact) mass is 373 g/mol. The minimum atomic E-state index is -0.243. The predicted octanol–water partition coefficient (Wildman–Crippen LogP) is 3.46. The van der Waals surface area contributed by atoms with E-state index in [1.807, 2.05) is 39.0 Å². The molecule has 1 aromatic heterocycles. The molecule has 1 atom stereocenters. The second kappa shape index (κ2) is 8.66. The van der Waals surface area contributed by atoms with Gasteiger partial charge in [0.2, 0.25) is 11.1 Å². The van der Waals surface area contributed by atoms with E-state index in [1.165, 1.54) is 43.9 Å². The lowest BCUT2D eigenvalue weighted by atomic mass is 9.89. The number of carbonyl (C=O) groups is 1.